The molecule has 5 rings (SSSR count). The molecule has 3 nitrogen and oxygen atoms in total. The van der Waals surface area contributed by atoms with Crippen molar-refractivity contribution in [2.75, 3.05) is 6.54 Å². The number of nitrogens with one attached hydrogen (secondary N) is 1. The van der Waals surface area contributed by atoms with Crippen LogP contribution in [0.2, 0.25) is 10.0 Å². The summed E-state index contributed by atoms with van der Waals surface area (Å²) in [7, 11) is 0. The molecule has 1 aromatic heterocycles. The molecule has 0 radical (unpaired) electrons. The van der Waals surface area contributed by atoms with Crippen LogP contribution in [0.3, 0.4) is 0 Å². The number of para-hydroxylation sites is 1. The van der Waals surface area contributed by atoms with Crippen LogP contribution in [0.25, 0.3) is 10.9 Å². The molecule has 1 atom stereocenters. The molecule has 1 aliphatic heterocycles. The standard InChI is InChI=1S/C24H18Cl2N2O/c25-17-10-8-15(9-11-17)23-22-20(19-6-1-2-7-21(19)27-22)12-13-28(23)24(29)16-4-3-5-18(26)14-16/h1-11,14,23,27H,12-13H2. The van der Waals surface area contributed by atoms with Crippen molar-refractivity contribution in [2.24, 2.45) is 0 Å². The number of rotatable bonds is 2. The Bertz CT molecular complexity index is 1210. The van der Waals surface area contributed by atoms with Crippen molar-refractivity contribution in [3.05, 3.63) is 105 Å². The van der Waals surface area contributed by atoms with Gasteiger partial charge >= 0.3 is 0 Å². The number of nitrogens with zero attached hydrogens (tertiary/aromatic N) is 1. The van der Waals surface area contributed by atoms with Crippen LogP contribution in [0.1, 0.15) is 33.2 Å². The van der Waals surface area contributed by atoms with Crippen molar-refractivity contribution in [1.29, 1.82) is 0 Å². The van der Waals surface area contributed by atoms with Gasteiger partial charge in [-0.15, -0.1) is 0 Å². The third-order valence-electron chi connectivity index (χ3n) is 5.55. The van der Waals surface area contributed by atoms with Crippen molar-refractivity contribution >= 4 is 40.0 Å². The van der Waals surface area contributed by atoms with Gasteiger partial charge in [0, 0.05) is 38.8 Å². The van der Waals surface area contributed by atoms with Crippen molar-refractivity contribution < 1.29 is 4.79 Å². The molecular formula is C24H18Cl2N2O. The Morgan fingerprint density at radius 1 is 0.931 bits per heavy atom. The van der Waals surface area contributed by atoms with Crippen LogP contribution < -0.4 is 0 Å². The normalized spacial score (nSPS) is 16.1. The lowest BCUT2D eigenvalue weighted by Gasteiger charge is -2.36. The van der Waals surface area contributed by atoms with E-state index in [0.717, 1.165) is 23.2 Å². The number of H-pyrrole nitrogens is 1. The molecule has 29 heavy (non-hydrogen) atoms. The molecule has 0 saturated heterocycles. The molecular weight excluding hydrogens is 403 g/mol. The Balaban J connectivity index is 1.66. The fourth-order valence-electron chi connectivity index (χ4n) is 4.24. The second-order valence-corrected chi connectivity index (χ2v) is 8.15. The van der Waals surface area contributed by atoms with Crippen LogP contribution in [-0.4, -0.2) is 22.3 Å². The average Bonchev–Trinajstić information content (AvgIpc) is 3.12. The Labute approximate surface area is 178 Å². The van der Waals surface area contributed by atoms with E-state index < -0.39 is 0 Å². The van der Waals surface area contributed by atoms with Gasteiger partial charge in [-0.3, -0.25) is 4.79 Å². The lowest BCUT2D eigenvalue weighted by molar-refractivity contribution is 0.0692. The minimum atomic E-state index is -0.213. The topological polar surface area (TPSA) is 36.1 Å². The number of carbonyl (C=O) groups is 1. The molecule has 1 N–H and O–H groups in total. The smallest absolute Gasteiger partial charge is 0.254 e. The number of benzene rings is 3. The van der Waals surface area contributed by atoms with E-state index >= 15 is 0 Å². The van der Waals surface area contributed by atoms with Gasteiger partial charge in [-0.1, -0.05) is 59.6 Å². The molecule has 4 aromatic rings. The first kappa shape index (κ1) is 18.3. The Kier molecular flexibility index (Phi) is 4.57. The number of amides is 1. The van der Waals surface area contributed by atoms with Crippen LogP contribution in [0.15, 0.2) is 72.8 Å². The quantitative estimate of drug-likeness (QED) is 0.407. The third kappa shape index (κ3) is 3.21. The summed E-state index contributed by atoms with van der Waals surface area (Å²) >= 11 is 12.3. The largest absolute Gasteiger partial charge is 0.356 e. The summed E-state index contributed by atoms with van der Waals surface area (Å²) < 4.78 is 0. The van der Waals surface area contributed by atoms with Gasteiger partial charge in [-0.05, 0) is 53.9 Å². The number of aromatic amines is 1. The maximum absolute atomic E-state index is 13.5. The summed E-state index contributed by atoms with van der Waals surface area (Å²) in [5.41, 5.74) is 5.05. The van der Waals surface area contributed by atoms with Crippen LogP contribution in [-0.2, 0) is 6.42 Å². The molecule has 144 valence electrons. The molecule has 3 aromatic carbocycles. The summed E-state index contributed by atoms with van der Waals surface area (Å²) in [6.07, 6.45) is 0.801. The Hall–Kier alpha value is -2.75. The summed E-state index contributed by atoms with van der Waals surface area (Å²) in [6, 6.07) is 22.9. The summed E-state index contributed by atoms with van der Waals surface area (Å²) in [5.74, 6) is -0.0308. The third-order valence-corrected chi connectivity index (χ3v) is 6.04. The van der Waals surface area contributed by atoms with Crippen LogP contribution >= 0.6 is 23.2 Å². The lowest BCUT2D eigenvalue weighted by atomic mass is 9.91. The summed E-state index contributed by atoms with van der Waals surface area (Å²) in [4.78, 5) is 19.0. The van der Waals surface area contributed by atoms with E-state index in [9.17, 15) is 4.79 Å². The first-order valence-electron chi connectivity index (χ1n) is 9.53. The summed E-state index contributed by atoms with van der Waals surface area (Å²) in [6.45, 7) is 0.632. The fourth-order valence-corrected chi connectivity index (χ4v) is 4.55. The van der Waals surface area contributed by atoms with Crippen molar-refractivity contribution in [3.8, 4) is 0 Å². The second kappa shape index (κ2) is 7.25. The number of halogens is 2. The molecule has 0 fully saturated rings. The van der Waals surface area contributed by atoms with Gasteiger partial charge in [0.15, 0.2) is 0 Å². The van der Waals surface area contributed by atoms with Crippen LogP contribution in [0.4, 0.5) is 0 Å². The van der Waals surface area contributed by atoms with Crippen molar-refractivity contribution in [1.82, 2.24) is 9.88 Å². The van der Waals surface area contributed by atoms with E-state index in [1.807, 2.05) is 47.4 Å². The number of carbonyl (C=O) groups excluding carboxylic acids is 1. The highest BCUT2D eigenvalue weighted by Gasteiger charge is 2.34. The SMILES string of the molecule is O=C(c1cccc(Cl)c1)N1CCc2c([nH]c3ccccc23)C1c1ccc(Cl)cc1. The number of hydrogen-bond donors (Lipinski definition) is 1. The molecule has 1 amide bonds. The average molecular weight is 421 g/mol. The zero-order valence-corrected chi connectivity index (χ0v) is 17.0. The predicted octanol–water partition coefficient (Wildman–Crippen LogP) is 6.26. The van der Waals surface area contributed by atoms with Crippen LogP contribution in [0, 0.1) is 0 Å². The molecule has 0 aliphatic carbocycles. The van der Waals surface area contributed by atoms with Gasteiger partial charge in [0.25, 0.3) is 5.91 Å². The second-order valence-electron chi connectivity index (χ2n) is 7.28. The van der Waals surface area contributed by atoms with Gasteiger partial charge in [-0.2, -0.15) is 0 Å². The van der Waals surface area contributed by atoms with Gasteiger partial charge < -0.3 is 9.88 Å². The predicted molar refractivity (Wildman–Crippen MR) is 118 cm³/mol. The Morgan fingerprint density at radius 3 is 2.52 bits per heavy atom. The molecule has 2 heterocycles. The highest BCUT2D eigenvalue weighted by atomic mass is 35.5. The van der Waals surface area contributed by atoms with Crippen molar-refractivity contribution in [3.63, 3.8) is 0 Å². The monoisotopic (exact) mass is 420 g/mol. The lowest BCUT2D eigenvalue weighted by Crippen LogP contribution is -2.40. The highest BCUT2D eigenvalue weighted by molar-refractivity contribution is 6.31. The highest BCUT2D eigenvalue weighted by Crippen LogP contribution is 2.39. The molecule has 0 spiro atoms. The number of hydrogen-bond acceptors (Lipinski definition) is 1. The van der Waals surface area contributed by atoms with E-state index in [2.05, 4.69) is 23.2 Å². The maximum atomic E-state index is 13.5. The van der Waals surface area contributed by atoms with E-state index in [4.69, 9.17) is 23.2 Å². The van der Waals surface area contributed by atoms with Gasteiger partial charge in [0.2, 0.25) is 0 Å². The molecule has 0 saturated carbocycles. The maximum Gasteiger partial charge on any atom is 0.254 e. The molecule has 1 aliphatic rings. The van der Waals surface area contributed by atoms with E-state index in [0.29, 0.717) is 22.2 Å². The first-order valence-corrected chi connectivity index (χ1v) is 10.3. The Morgan fingerprint density at radius 2 is 1.72 bits per heavy atom. The fraction of sp³-hybridized carbons (Fsp3) is 0.125. The zero-order chi connectivity index (χ0) is 20.0. The number of aromatic nitrogens is 1. The van der Waals surface area contributed by atoms with Crippen LogP contribution in [0.5, 0.6) is 0 Å². The minimum absolute atomic E-state index is 0.0308. The minimum Gasteiger partial charge on any atom is -0.356 e. The van der Waals surface area contributed by atoms with Crippen molar-refractivity contribution in [2.45, 2.75) is 12.5 Å². The molecule has 5 heteroatoms. The number of fused-ring (bicyclic) bond motifs is 3. The molecule has 0 bridgehead atoms. The first-order chi connectivity index (χ1) is 14.1. The van der Waals surface area contributed by atoms with E-state index in [1.165, 1.54) is 10.9 Å². The summed E-state index contributed by atoms with van der Waals surface area (Å²) in [5, 5.41) is 2.45. The van der Waals surface area contributed by atoms with Gasteiger partial charge in [0.1, 0.15) is 0 Å². The van der Waals surface area contributed by atoms with Gasteiger partial charge in [0.05, 0.1) is 6.04 Å². The van der Waals surface area contributed by atoms with Gasteiger partial charge in [-0.25, -0.2) is 0 Å². The molecule has 1 unspecified atom stereocenters. The van der Waals surface area contributed by atoms with E-state index in [1.54, 1.807) is 12.1 Å². The zero-order valence-electron chi connectivity index (χ0n) is 15.5. The van der Waals surface area contributed by atoms with E-state index in [-0.39, 0.29) is 11.9 Å².